The number of carbonyl (C=O) groups excluding carboxylic acids is 1. The van der Waals surface area contributed by atoms with Crippen LogP contribution in [0.15, 0.2) is 22.8 Å². The smallest absolute Gasteiger partial charge is 0.334 e. The molecule has 5 aliphatic rings. The van der Waals surface area contributed by atoms with Gasteiger partial charge in [-0.3, -0.25) is 0 Å². The van der Waals surface area contributed by atoms with Crippen LogP contribution in [-0.4, -0.2) is 45.2 Å². The van der Waals surface area contributed by atoms with E-state index in [4.69, 9.17) is 4.74 Å². The zero-order valence-electron chi connectivity index (χ0n) is 20.9. The molecular formula is C28H42O5. The van der Waals surface area contributed by atoms with Crippen LogP contribution >= 0.6 is 0 Å². The first-order valence-corrected chi connectivity index (χ1v) is 13.1. The normalized spacial score (nSPS) is 49.4. The zero-order chi connectivity index (χ0) is 23.9. The van der Waals surface area contributed by atoms with Crippen molar-refractivity contribution in [2.75, 3.05) is 0 Å². The number of aliphatic hydroxyl groups excluding tert-OH is 2. The van der Waals surface area contributed by atoms with Crippen LogP contribution in [0.25, 0.3) is 0 Å². The third-order valence-electron chi connectivity index (χ3n) is 11.2. The zero-order valence-corrected chi connectivity index (χ0v) is 20.9. The molecule has 1 aliphatic heterocycles. The molecule has 0 aromatic rings. The quantitative estimate of drug-likeness (QED) is 0.424. The van der Waals surface area contributed by atoms with E-state index in [-0.39, 0.29) is 22.7 Å². The largest absolute Gasteiger partial charge is 0.456 e. The van der Waals surface area contributed by atoms with Crippen LogP contribution in [0.5, 0.6) is 0 Å². The molecule has 0 unspecified atom stereocenters. The molecule has 5 nitrogen and oxygen atoms in total. The highest BCUT2D eigenvalue weighted by Crippen LogP contribution is 2.68. The molecule has 0 spiro atoms. The molecule has 5 heteroatoms. The van der Waals surface area contributed by atoms with Gasteiger partial charge in [-0.1, -0.05) is 31.1 Å². The van der Waals surface area contributed by atoms with Crippen LogP contribution in [0.3, 0.4) is 0 Å². The molecule has 0 saturated heterocycles. The minimum atomic E-state index is -1.07. The van der Waals surface area contributed by atoms with Crippen molar-refractivity contribution in [2.45, 2.75) is 110 Å². The van der Waals surface area contributed by atoms with Crippen molar-refractivity contribution < 1.29 is 24.9 Å². The van der Waals surface area contributed by atoms with Crippen molar-refractivity contribution >= 4 is 5.97 Å². The number of hydrogen-bond donors (Lipinski definition) is 3. The Labute approximate surface area is 198 Å². The lowest BCUT2D eigenvalue weighted by atomic mass is 9.46. The van der Waals surface area contributed by atoms with Gasteiger partial charge in [-0.05, 0) is 88.4 Å². The predicted molar refractivity (Wildman–Crippen MR) is 126 cm³/mol. The third kappa shape index (κ3) is 3.25. The van der Waals surface area contributed by atoms with Gasteiger partial charge in [0.15, 0.2) is 0 Å². The fourth-order valence-corrected chi connectivity index (χ4v) is 9.08. The highest BCUT2D eigenvalue weighted by atomic mass is 16.6. The molecule has 1 heterocycles. The second kappa shape index (κ2) is 7.66. The topological polar surface area (TPSA) is 87.0 Å². The maximum atomic E-state index is 12.4. The van der Waals surface area contributed by atoms with Gasteiger partial charge in [-0.2, -0.15) is 0 Å². The standard InChI is InChI=1S/C28H42O5/c1-15-12-24(33-25(31)16(15)2)28(5,32)22-9-8-20-19-7-6-17-13-18(29)14-23(30)27(17,4)21(19)10-11-26(20,22)3/h6,18-24,29-30,32H,7-14H2,1-5H3/t18-,19+,20+,21-,22+,23+,24-,26+,27+,28-/m1/s1. The van der Waals surface area contributed by atoms with Gasteiger partial charge < -0.3 is 20.1 Å². The summed E-state index contributed by atoms with van der Waals surface area (Å²) in [4.78, 5) is 12.4. The Hall–Kier alpha value is -1.17. The Morgan fingerprint density at radius 2 is 1.82 bits per heavy atom. The van der Waals surface area contributed by atoms with E-state index in [1.807, 2.05) is 13.8 Å². The van der Waals surface area contributed by atoms with Crippen molar-refractivity contribution in [3.05, 3.63) is 22.8 Å². The van der Waals surface area contributed by atoms with Crippen molar-refractivity contribution in [3.63, 3.8) is 0 Å². The molecule has 0 aromatic heterocycles. The van der Waals surface area contributed by atoms with Crippen molar-refractivity contribution in [2.24, 2.45) is 34.5 Å². The monoisotopic (exact) mass is 458 g/mol. The first-order chi connectivity index (χ1) is 15.4. The summed E-state index contributed by atoms with van der Waals surface area (Å²) in [5.74, 6) is 1.18. The Bertz CT molecular complexity index is 902. The van der Waals surface area contributed by atoms with Crippen LogP contribution in [-0.2, 0) is 9.53 Å². The molecule has 3 saturated carbocycles. The molecule has 0 bridgehead atoms. The summed E-state index contributed by atoms with van der Waals surface area (Å²) >= 11 is 0. The van der Waals surface area contributed by atoms with E-state index in [1.165, 1.54) is 5.57 Å². The summed E-state index contributed by atoms with van der Waals surface area (Å²) in [7, 11) is 0. The summed E-state index contributed by atoms with van der Waals surface area (Å²) in [6.45, 7) is 10.3. The molecule has 4 aliphatic carbocycles. The molecule has 5 rings (SSSR count). The lowest BCUT2D eigenvalue weighted by Crippen LogP contribution is -2.58. The molecular weight excluding hydrogens is 416 g/mol. The van der Waals surface area contributed by atoms with Gasteiger partial charge >= 0.3 is 5.97 Å². The first-order valence-electron chi connectivity index (χ1n) is 13.1. The first kappa shape index (κ1) is 23.6. The second-order valence-corrected chi connectivity index (χ2v) is 12.6. The number of fused-ring (bicyclic) bond motifs is 5. The van der Waals surface area contributed by atoms with Crippen molar-refractivity contribution in [1.82, 2.24) is 0 Å². The number of aliphatic hydroxyl groups is 3. The number of rotatable bonds is 2. The van der Waals surface area contributed by atoms with Gasteiger partial charge in [-0.25, -0.2) is 4.79 Å². The predicted octanol–water partition coefficient (Wildman–Crippen LogP) is 4.30. The average molecular weight is 459 g/mol. The van der Waals surface area contributed by atoms with Crippen LogP contribution in [0.4, 0.5) is 0 Å². The Morgan fingerprint density at radius 3 is 2.52 bits per heavy atom. The minimum Gasteiger partial charge on any atom is -0.456 e. The van der Waals surface area contributed by atoms with Crippen molar-refractivity contribution in [1.29, 1.82) is 0 Å². The maximum Gasteiger partial charge on any atom is 0.334 e. The van der Waals surface area contributed by atoms with Crippen molar-refractivity contribution in [3.8, 4) is 0 Å². The number of ether oxygens (including phenoxy) is 1. The molecule has 33 heavy (non-hydrogen) atoms. The molecule has 3 fully saturated rings. The van der Waals surface area contributed by atoms with Gasteiger partial charge in [0.2, 0.25) is 0 Å². The number of carbonyl (C=O) groups is 1. The molecule has 10 atom stereocenters. The molecule has 0 amide bonds. The van der Waals surface area contributed by atoms with Gasteiger partial charge in [-0.15, -0.1) is 0 Å². The average Bonchev–Trinajstić information content (AvgIpc) is 3.10. The van der Waals surface area contributed by atoms with Crippen LogP contribution < -0.4 is 0 Å². The summed E-state index contributed by atoms with van der Waals surface area (Å²) < 4.78 is 5.78. The highest BCUT2D eigenvalue weighted by molar-refractivity contribution is 5.89. The number of allylic oxidation sites excluding steroid dienone is 1. The van der Waals surface area contributed by atoms with E-state index >= 15 is 0 Å². The molecule has 0 radical (unpaired) electrons. The molecule has 3 N–H and O–H groups in total. The lowest BCUT2D eigenvalue weighted by Gasteiger charge is -2.60. The van der Waals surface area contributed by atoms with Gasteiger partial charge in [0, 0.05) is 23.8 Å². The summed E-state index contributed by atoms with van der Waals surface area (Å²) in [5.41, 5.74) is 1.62. The second-order valence-electron chi connectivity index (χ2n) is 12.6. The van der Waals surface area contributed by atoms with E-state index in [0.29, 0.717) is 42.6 Å². The fourth-order valence-electron chi connectivity index (χ4n) is 9.08. The van der Waals surface area contributed by atoms with Crippen LogP contribution in [0, 0.1) is 34.5 Å². The van der Waals surface area contributed by atoms with Crippen LogP contribution in [0.2, 0.25) is 0 Å². The SMILES string of the molecule is CC1=C(C)C(=O)O[C@@H]([C@](C)(O)[C@H]2CC[C@H]3[C@@H]4CC=C5C[C@@H](O)C[C@H](O)[C@]5(C)[C@@H]4CC[C@]23C)C1. The van der Waals surface area contributed by atoms with Gasteiger partial charge in [0.05, 0.1) is 12.2 Å². The minimum absolute atomic E-state index is 0.0119. The number of hydrogen-bond acceptors (Lipinski definition) is 5. The summed E-state index contributed by atoms with van der Waals surface area (Å²) in [5, 5.41) is 33.3. The third-order valence-corrected chi connectivity index (χ3v) is 11.2. The van der Waals surface area contributed by atoms with E-state index < -0.39 is 23.9 Å². The molecule has 0 aromatic carbocycles. The Kier molecular flexibility index (Phi) is 5.47. The summed E-state index contributed by atoms with van der Waals surface area (Å²) in [6.07, 6.45) is 7.74. The lowest BCUT2D eigenvalue weighted by molar-refractivity contribution is -0.183. The van der Waals surface area contributed by atoms with Crippen LogP contribution in [0.1, 0.15) is 86.0 Å². The van der Waals surface area contributed by atoms with E-state index in [9.17, 15) is 20.1 Å². The van der Waals surface area contributed by atoms with E-state index in [1.54, 1.807) is 6.92 Å². The van der Waals surface area contributed by atoms with Gasteiger partial charge in [0.25, 0.3) is 0 Å². The number of esters is 1. The molecule has 184 valence electrons. The summed E-state index contributed by atoms with van der Waals surface area (Å²) in [6, 6.07) is 0. The fraction of sp³-hybridized carbons (Fsp3) is 0.821. The maximum absolute atomic E-state index is 12.4. The Balaban J connectivity index is 1.43. The van der Waals surface area contributed by atoms with Gasteiger partial charge in [0.1, 0.15) is 11.7 Å². The van der Waals surface area contributed by atoms with E-state index in [0.717, 1.165) is 37.7 Å². The highest BCUT2D eigenvalue weighted by Gasteiger charge is 2.64. The Morgan fingerprint density at radius 1 is 1.09 bits per heavy atom. The van der Waals surface area contributed by atoms with E-state index in [2.05, 4.69) is 19.9 Å². The number of cyclic esters (lactones) is 1.